The van der Waals surface area contributed by atoms with Crippen molar-refractivity contribution in [1.29, 1.82) is 0 Å². The number of aryl methyl sites for hydroxylation is 3. The molecule has 0 spiro atoms. The number of aromatic nitrogens is 1. The van der Waals surface area contributed by atoms with E-state index in [0.717, 1.165) is 11.1 Å². The number of amides is 3. The van der Waals surface area contributed by atoms with Crippen LogP contribution in [0.15, 0.2) is 47.0 Å². The first-order valence-electron chi connectivity index (χ1n) is 13.6. The number of nitrogens with zero attached hydrogens (tertiary/aromatic N) is 2. The van der Waals surface area contributed by atoms with Crippen molar-refractivity contribution in [1.82, 2.24) is 10.5 Å². The second-order valence-electron chi connectivity index (χ2n) is 10.6. The van der Waals surface area contributed by atoms with Gasteiger partial charge in [-0.15, -0.1) is 0 Å². The number of carbonyl (C=O) groups is 3. The van der Waals surface area contributed by atoms with Crippen LogP contribution in [-0.4, -0.2) is 42.6 Å². The number of methoxy groups -OCH3 is 2. The topological polar surface area (TPSA) is 123 Å². The third-order valence-corrected chi connectivity index (χ3v) is 7.08. The molecular formula is C31H40N4O6. The summed E-state index contributed by atoms with van der Waals surface area (Å²) < 4.78 is 16.2. The average Bonchev–Trinajstić information content (AvgIpc) is 3.35. The highest BCUT2D eigenvalue weighted by molar-refractivity contribution is 6.03. The van der Waals surface area contributed by atoms with E-state index in [1.807, 2.05) is 46.8 Å². The Balaban J connectivity index is 2.10. The third-order valence-electron chi connectivity index (χ3n) is 7.08. The van der Waals surface area contributed by atoms with Crippen LogP contribution in [0.1, 0.15) is 68.5 Å². The third kappa shape index (κ3) is 7.65. The molecule has 10 nitrogen and oxygen atoms in total. The van der Waals surface area contributed by atoms with Crippen molar-refractivity contribution >= 4 is 29.2 Å². The predicted molar refractivity (Wildman–Crippen MR) is 157 cm³/mol. The fourth-order valence-electron chi connectivity index (χ4n) is 4.30. The molecule has 3 aromatic rings. The highest BCUT2D eigenvalue weighted by atomic mass is 16.5. The Morgan fingerprint density at radius 1 is 1.00 bits per heavy atom. The molecule has 0 fully saturated rings. The van der Waals surface area contributed by atoms with Crippen LogP contribution in [-0.2, 0) is 14.4 Å². The molecule has 0 aliphatic carbocycles. The van der Waals surface area contributed by atoms with E-state index in [-0.39, 0.29) is 18.7 Å². The van der Waals surface area contributed by atoms with Gasteiger partial charge in [-0.3, -0.25) is 19.3 Å². The van der Waals surface area contributed by atoms with E-state index < -0.39 is 29.3 Å². The Morgan fingerprint density at radius 3 is 2.32 bits per heavy atom. The first kappa shape index (κ1) is 31.2. The molecule has 0 unspecified atom stereocenters. The summed E-state index contributed by atoms with van der Waals surface area (Å²) in [7, 11) is 3.00. The minimum atomic E-state index is -1.12. The molecule has 220 valence electrons. The Morgan fingerprint density at radius 2 is 1.73 bits per heavy atom. The summed E-state index contributed by atoms with van der Waals surface area (Å²) in [5.41, 5.74) is 2.41. The summed E-state index contributed by atoms with van der Waals surface area (Å²) in [6.45, 7) is 11.4. The van der Waals surface area contributed by atoms with Gasteiger partial charge in [-0.2, -0.15) is 0 Å². The number of benzene rings is 2. The van der Waals surface area contributed by atoms with Crippen LogP contribution in [0.25, 0.3) is 0 Å². The number of rotatable bonds is 12. The van der Waals surface area contributed by atoms with Crippen LogP contribution < -0.4 is 25.0 Å². The summed E-state index contributed by atoms with van der Waals surface area (Å²) >= 11 is 0. The van der Waals surface area contributed by atoms with Crippen molar-refractivity contribution in [3.05, 3.63) is 64.9 Å². The Kier molecular flexibility index (Phi) is 10.2. The summed E-state index contributed by atoms with van der Waals surface area (Å²) in [5.74, 6) is 0.368. The molecule has 10 heteroatoms. The Hall–Kier alpha value is -4.34. The molecule has 1 aromatic heterocycles. The molecule has 2 aromatic carbocycles. The fourth-order valence-corrected chi connectivity index (χ4v) is 4.30. The van der Waals surface area contributed by atoms with E-state index in [1.54, 1.807) is 37.3 Å². The van der Waals surface area contributed by atoms with Crippen molar-refractivity contribution in [2.24, 2.45) is 0 Å². The van der Waals surface area contributed by atoms with Crippen molar-refractivity contribution in [2.75, 3.05) is 24.4 Å². The monoisotopic (exact) mass is 564 g/mol. The maximum atomic E-state index is 14.1. The Bertz CT molecular complexity index is 1400. The van der Waals surface area contributed by atoms with Crippen LogP contribution in [0.2, 0.25) is 0 Å². The van der Waals surface area contributed by atoms with Gasteiger partial charge >= 0.3 is 0 Å². The van der Waals surface area contributed by atoms with Crippen molar-refractivity contribution in [3.8, 4) is 11.5 Å². The van der Waals surface area contributed by atoms with Gasteiger partial charge in [-0.1, -0.05) is 30.3 Å². The SMILES string of the molecule is CCC(C)(C)NC(=O)[C@H](c1cccc(OC)c1OC)N(C(=O)CCC(=O)Nc1cc(C)on1)c1ccc(C)c(C)c1. The molecule has 0 saturated carbocycles. The summed E-state index contributed by atoms with van der Waals surface area (Å²) in [6, 6.07) is 11.3. The smallest absolute Gasteiger partial charge is 0.248 e. The maximum absolute atomic E-state index is 14.1. The van der Waals surface area contributed by atoms with Crippen LogP contribution in [0.4, 0.5) is 11.5 Å². The summed E-state index contributed by atoms with van der Waals surface area (Å²) in [5, 5.41) is 9.51. The summed E-state index contributed by atoms with van der Waals surface area (Å²) in [4.78, 5) is 42.3. The first-order valence-corrected chi connectivity index (χ1v) is 13.6. The van der Waals surface area contributed by atoms with E-state index >= 15 is 0 Å². The van der Waals surface area contributed by atoms with Crippen LogP contribution >= 0.6 is 0 Å². The van der Waals surface area contributed by atoms with E-state index in [0.29, 0.717) is 34.9 Å². The first-order chi connectivity index (χ1) is 19.4. The molecule has 0 aliphatic rings. The van der Waals surface area contributed by atoms with Gasteiger partial charge in [0.25, 0.3) is 0 Å². The number of hydrogen-bond donors (Lipinski definition) is 2. The van der Waals surface area contributed by atoms with Crippen molar-refractivity contribution in [2.45, 2.75) is 72.4 Å². The number of para-hydroxylation sites is 1. The second kappa shape index (κ2) is 13.3. The maximum Gasteiger partial charge on any atom is 0.248 e. The van der Waals surface area contributed by atoms with Crippen molar-refractivity contribution in [3.63, 3.8) is 0 Å². The lowest BCUT2D eigenvalue weighted by Crippen LogP contribution is -2.50. The molecule has 2 N–H and O–H groups in total. The molecule has 0 radical (unpaired) electrons. The molecule has 1 atom stereocenters. The molecule has 0 aliphatic heterocycles. The Labute approximate surface area is 241 Å². The number of nitrogens with one attached hydrogen (secondary N) is 2. The van der Waals surface area contributed by atoms with Gasteiger partial charge in [0.05, 0.1) is 14.2 Å². The van der Waals surface area contributed by atoms with Crippen molar-refractivity contribution < 1.29 is 28.4 Å². The highest BCUT2D eigenvalue weighted by Crippen LogP contribution is 2.40. The van der Waals surface area contributed by atoms with Crippen LogP contribution in [0, 0.1) is 20.8 Å². The zero-order valence-corrected chi connectivity index (χ0v) is 25.1. The fraction of sp³-hybridized carbons (Fsp3) is 0.419. The van der Waals surface area contributed by atoms with Gasteiger partial charge in [-0.25, -0.2) is 0 Å². The molecular weight excluding hydrogens is 524 g/mol. The molecule has 0 bridgehead atoms. The normalized spacial score (nSPS) is 11.9. The number of anilines is 2. The van der Waals surface area contributed by atoms with Gasteiger partial charge in [0.1, 0.15) is 11.8 Å². The lowest BCUT2D eigenvalue weighted by molar-refractivity contribution is -0.128. The number of hydrogen-bond acceptors (Lipinski definition) is 7. The van der Waals surface area contributed by atoms with Crippen LogP contribution in [0.5, 0.6) is 11.5 Å². The molecule has 41 heavy (non-hydrogen) atoms. The zero-order chi connectivity index (χ0) is 30.3. The van der Waals surface area contributed by atoms with Gasteiger partial charge < -0.3 is 24.6 Å². The second-order valence-corrected chi connectivity index (χ2v) is 10.6. The molecule has 1 heterocycles. The minimum Gasteiger partial charge on any atom is -0.493 e. The average molecular weight is 565 g/mol. The predicted octanol–water partition coefficient (Wildman–Crippen LogP) is 5.42. The highest BCUT2D eigenvalue weighted by Gasteiger charge is 2.37. The number of carbonyl (C=O) groups excluding carboxylic acids is 3. The van der Waals surface area contributed by atoms with Crippen LogP contribution in [0.3, 0.4) is 0 Å². The minimum absolute atomic E-state index is 0.129. The lowest BCUT2D eigenvalue weighted by Gasteiger charge is -2.35. The van der Waals surface area contributed by atoms with Gasteiger partial charge in [0, 0.05) is 35.7 Å². The van der Waals surface area contributed by atoms with Gasteiger partial charge in [0.15, 0.2) is 17.3 Å². The lowest BCUT2D eigenvalue weighted by atomic mass is 9.96. The summed E-state index contributed by atoms with van der Waals surface area (Å²) in [6.07, 6.45) is 0.374. The number of ether oxygens (including phenoxy) is 2. The molecule has 0 saturated heterocycles. The van der Waals surface area contributed by atoms with E-state index in [9.17, 15) is 14.4 Å². The standard InChI is InChI=1S/C31H40N4O6/c1-9-31(5,6)33-30(38)28(23-11-10-12-24(39-7)29(23)40-8)35(22-14-13-19(2)20(3)17-22)27(37)16-15-26(36)32-25-18-21(4)41-34-25/h10-14,17-18,28H,9,15-16H2,1-8H3,(H,33,38)(H,32,34,36)/t28-/m0/s1. The van der Waals surface area contributed by atoms with E-state index in [4.69, 9.17) is 14.0 Å². The largest absolute Gasteiger partial charge is 0.493 e. The van der Waals surface area contributed by atoms with E-state index in [2.05, 4.69) is 15.8 Å². The molecule has 3 amide bonds. The quantitative estimate of drug-likeness (QED) is 0.301. The van der Waals surface area contributed by atoms with Gasteiger partial charge in [0.2, 0.25) is 17.7 Å². The van der Waals surface area contributed by atoms with Gasteiger partial charge in [-0.05, 0) is 70.4 Å². The van der Waals surface area contributed by atoms with E-state index in [1.165, 1.54) is 19.1 Å². The zero-order valence-electron chi connectivity index (χ0n) is 25.1. The molecule has 3 rings (SSSR count).